The highest BCUT2D eigenvalue weighted by atomic mass is 32.2. The molecule has 0 aliphatic carbocycles. The number of rotatable bonds is 10. The highest BCUT2D eigenvalue weighted by Crippen LogP contribution is 2.23. The Morgan fingerprint density at radius 1 is 1.12 bits per heavy atom. The summed E-state index contributed by atoms with van der Waals surface area (Å²) in [6.45, 7) is 3.62. The maximum absolute atomic E-state index is 12.1. The second-order valence-electron chi connectivity index (χ2n) is 4.87. The summed E-state index contributed by atoms with van der Waals surface area (Å²) >= 11 is 0. The standard InChI is InChI=1S/C14H20F3N3O4S/c1-2-18-9-10-19-13(21)7-8-20-25(22,23)12-5-3-11(4-6-12)24-14(15,16)17/h3-6,18,20H,2,7-10H2,1H3,(H,19,21). The molecule has 0 bridgehead atoms. The lowest BCUT2D eigenvalue weighted by Crippen LogP contribution is -2.34. The van der Waals surface area contributed by atoms with Crippen LogP contribution in [-0.2, 0) is 14.8 Å². The summed E-state index contributed by atoms with van der Waals surface area (Å²) in [6.07, 6.45) is -4.90. The second kappa shape index (κ2) is 9.59. The monoisotopic (exact) mass is 383 g/mol. The first-order chi connectivity index (χ1) is 11.6. The number of benzene rings is 1. The Hall–Kier alpha value is -1.85. The molecule has 1 aromatic rings. The van der Waals surface area contributed by atoms with E-state index in [0.717, 1.165) is 30.8 Å². The molecule has 3 N–H and O–H groups in total. The maximum Gasteiger partial charge on any atom is 0.573 e. The van der Waals surface area contributed by atoms with Crippen LogP contribution in [0, 0.1) is 0 Å². The van der Waals surface area contributed by atoms with Gasteiger partial charge in [-0.2, -0.15) is 0 Å². The quantitative estimate of drug-likeness (QED) is 0.524. The van der Waals surface area contributed by atoms with Crippen molar-refractivity contribution in [2.75, 3.05) is 26.2 Å². The molecule has 0 fully saturated rings. The van der Waals surface area contributed by atoms with Crippen LogP contribution in [0.25, 0.3) is 0 Å². The van der Waals surface area contributed by atoms with Gasteiger partial charge in [-0.3, -0.25) is 4.79 Å². The van der Waals surface area contributed by atoms with Crippen molar-refractivity contribution in [3.05, 3.63) is 24.3 Å². The van der Waals surface area contributed by atoms with Gasteiger partial charge >= 0.3 is 6.36 Å². The van der Waals surface area contributed by atoms with Gasteiger partial charge in [-0.1, -0.05) is 6.92 Å². The van der Waals surface area contributed by atoms with Gasteiger partial charge < -0.3 is 15.4 Å². The largest absolute Gasteiger partial charge is 0.573 e. The number of hydrogen-bond donors (Lipinski definition) is 3. The Kier molecular flexibility index (Phi) is 8.13. The normalized spacial score (nSPS) is 12.0. The van der Waals surface area contributed by atoms with Gasteiger partial charge in [0.1, 0.15) is 5.75 Å². The molecule has 0 saturated heterocycles. The molecule has 0 saturated carbocycles. The lowest BCUT2D eigenvalue weighted by Gasteiger charge is -2.10. The van der Waals surface area contributed by atoms with Crippen molar-refractivity contribution < 1.29 is 31.1 Å². The molecular formula is C14H20F3N3O4S. The zero-order valence-corrected chi connectivity index (χ0v) is 14.3. The number of halogens is 3. The minimum absolute atomic E-state index is 0.0549. The Bertz CT molecular complexity index is 648. The van der Waals surface area contributed by atoms with Gasteiger partial charge in [0.05, 0.1) is 4.90 Å². The number of likely N-dealkylation sites (N-methyl/N-ethyl adjacent to an activating group) is 1. The fourth-order valence-electron chi connectivity index (χ4n) is 1.76. The predicted octanol–water partition coefficient (Wildman–Crippen LogP) is 0.979. The molecule has 0 aliphatic heterocycles. The van der Waals surface area contributed by atoms with E-state index in [9.17, 15) is 26.4 Å². The second-order valence-corrected chi connectivity index (χ2v) is 6.64. The minimum Gasteiger partial charge on any atom is -0.406 e. The first-order valence-electron chi connectivity index (χ1n) is 7.47. The Balaban J connectivity index is 2.46. The molecule has 0 spiro atoms. The maximum atomic E-state index is 12.1. The van der Waals surface area contributed by atoms with Gasteiger partial charge in [-0.15, -0.1) is 13.2 Å². The van der Waals surface area contributed by atoms with Crippen LogP contribution in [0.5, 0.6) is 5.75 Å². The Morgan fingerprint density at radius 2 is 1.76 bits per heavy atom. The van der Waals surface area contributed by atoms with E-state index in [-0.39, 0.29) is 23.8 Å². The van der Waals surface area contributed by atoms with Gasteiger partial charge in [0, 0.05) is 26.1 Å². The van der Waals surface area contributed by atoms with Crippen LogP contribution in [0.3, 0.4) is 0 Å². The summed E-state index contributed by atoms with van der Waals surface area (Å²) in [4.78, 5) is 11.3. The van der Waals surface area contributed by atoms with Gasteiger partial charge in [-0.05, 0) is 30.8 Å². The Labute approximate surface area is 144 Å². The number of hydrogen-bond acceptors (Lipinski definition) is 5. The van der Waals surface area contributed by atoms with E-state index in [1.165, 1.54) is 0 Å². The van der Waals surface area contributed by atoms with Crippen molar-refractivity contribution in [1.82, 2.24) is 15.4 Å². The summed E-state index contributed by atoms with van der Waals surface area (Å²) < 4.78 is 66.0. The molecule has 0 unspecified atom stereocenters. The number of alkyl halides is 3. The van der Waals surface area contributed by atoms with Crippen LogP contribution < -0.4 is 20.1 Å². The third-order valence-corrected chi connectivity index (χ3v) is 4.36. The molecule has 11 heteroatoms. The molecule has 142 valence electrons. The third-order valence-electron chi connectivity index (χ3n) is 2.89. The first-order valence-corrected chi connectivity index (χ1v) is 8.95. The molecule has 7 nitrogen and oxygen atoms in total. The van der Waals surface area contributed by atoms with Crippen LogP contribution in [0.4, 0.5) is 13.2 Å². The molecule has 0 aromatic heterocycles. The molecular weight excluding hydrogens is 363 g/mol. The van der Waals surface area contributed by atoms with E-state index in [4.69, 9.17) is 0 Å². The topological polar surface area (TPSA) is 96.5 Å². The van der Waals surface area contributed by atoms with Crippen molar-refractivity contribution in [3.63, 3.8) is 0 Å². The van der Waals surface area contributed by atoms with Crippen LogP contribution in [0.15, 0.2) is 29.2 Å². The smallest absolute Gasteiger partial charge is 0.406 e. The molecule has 0 atom stereocenters. The minimum atomic E-state index is -4.85. The number of carbonyl (C=O) groups excluding carboxylic acids is 1. The summed E-state index contributed by atoms with van der Waals surface area (Å²) in [5, 5.41) is 5.63. The van der Waals surface area contributed by atoms with E-state index in [2.05, 4.69) is 20.1 Å². The van der Waals surface area contributed by atoms with E-state index in [1.54, 1.807) is 0 Å². The number of amides is 1. The van der Waals surface area contributed by atoms with Crippen molar-refractivity contribution in [1.29, 1.82) is 0 Å². The average molecular weight is 383 g/mol. The van der Waals surface area contributed by atoms with Gasteiger partial charge in [-0.25, -0.2) is 13.1 Å². The van der Waals surface area contributed by atoms with Crippen LogP contribution in [0.2, 0.25) is 0 Å². The Morgan fingerprint density at radius 3 is 2.32 bits per heavy atom. The van der Waals surface area contributed by atoms with E-state index in [1.807, 2.05) is 6.92 Å². The average Bonchev–Trinajstić information content (AvgIpc) is 2.50. The molecule has 1 amide bonds. The molecule has 0 heterocycles. The van der Waals surface area contributed by atoms with Crippen molar-refractivity contribution in [3.8, 4) is 5.75 Å². The van der Waals surface area contributed by atoms with E-state index in [0.29, 0.717) is 13.1 Å². The van der Waals surface area contributed by atoms with Gasteiger partial charge in [0.25, 0.3) is 0 Å². The summed E-state index contributed by atoms with van der Waals surface area (Å²) in [5.74, 6) is -0.832. The van der Waals surface area contributed by atoms with Gasteiger partial charge in [0.15, 0.2) is 0 Å². The van der Waals surface area contributed by atoms with Crippen molar-refractivity contribution >= 4 is 15.9 Å². The number of ether oxygens (including phenoxy) is 1. The zero-order chi connectivity index (χ0) is 18.9. The number of sulfonamides is 1. The predicted molar refractivity (Wildman–Crippen MR) is 84.5 cm³/mol. The summed E-state index contributed by atoms with van der Waals surface area (Å²) in [6, 6.07) is 3.77. The highest BCUT2D eigenvalue weighted by molar-refractivity contribution is 7.89. The lowest BCUT2D eigenvalue weighted by molar-refractivity contribution is -0.274. The van der Waals surface area contributed by atoms with Crippen LogP contribution >= 0.6 is 0 Å². The van der Waals surface area contributed by atoms with Gasteiger partial charge in [0.2, 0.25) is 15.9 Å². The fraction of sp³-hybridized carbons (Fsp3) is 0.500. The first kappa shape index (κ1) is 21.2. The van der Waals surface area contributed by atoms with Crippen molar-refractivity contribution in [2.45, 2.75) is 24.6 Å². The summed E-state index contributed by atoms with van der Waals surface area (Å²) in [7, 11) is -3.92. The molecule has 25 heavy (non-hydrogen) atoms. The third kappa shape index (κ3) is 8.70. The molecule has 1 rings (SSSR count). The van der Waals surface area contributed by atoms with Crippen LogP contribution in [0.1, 0.15) is 13.3 Å². The molecule has 1 aromatic carbocycles. The fourth-order valence-corrected chi connectivity index (χ4v) is 2.79. The molecule has 0 aliphatic rings. The van der Waals surface area contributed by atoms with E-state index >= 15 is 0 Å². The van der Waals surface area contributed by atoms with Crippen molar-refractivity contribution in [2.24, 2.45) is 0 Å². The SMILES string of the molecule is CCNCCNC(=O)CCNS(=O)(=O)c1ccc(OC(F)(F)F)cc1. The lowest BCUT2D eigenvalue weighted by atomic mass is 10.3. The zero-order valence-electron chi connectivity index (χ0n) is 13.5. The van der Waals surface area contributed by atoms with Crippen LogP contribution in [-0.4, -0.2) is 46.9 Å². The molecule has 0 radical (unpaired) electrons. The highest BCUT2D eigenvalue weighted by Gasteiger charge is 2.31. The summed E-state index contributed by atoms with van der Waals surface area (Å²) in [5.41, 5.74) is 0. The number of nitrogens with one attached hydrogen (secondary N) is 3. The number of carbonyl (C=O) groups is 1. The van der Waals surface area contributed by atoms with E-state index < -0.39 is 22.1 Å².